The van der Waals surface area contributed by atoms with Crippen molar-refractivity contribution < 1.29 is 0 Å². The van der Waals surface area contributed by atoms with E-state index in [1.807, 2.05) is 13.8 Å². The molecule has 0 aliphatic heterocycles. The fourth-order valence-corrected chi connectivity index (χ4v) is 0.644. The summed E-state index contributed by atoms with van der Waals surface area (Å²) < 4.78 is 0. The number of nitrogens with two attached hydrogens (primary N) is 1. The SMILES string of the molecule is C=N/C(CC)=C(\N)CC. The molecule has 0 aromatic carbocycles. The highest BCUT2D eigenvalue weighted by Gasteiger charge is 1.93. The average Bonchev–Trinajstić information content (AvgIpc) is 1.90. The molecule has 9 heavy (non-hydrogen) atoms. The second kappa shape index (κ2) is 4.13. The molecule has 2 nitrogen and oxygen atoms in total. The summed E-state index contributed by atoms with van der Waals surface area (Å²) in [5.74, 6) is 0. The van der Waals surface area contributed by atoms with Gasteiger partial charge >= 0.3 is 0 Å². The first-order valence-electron chi connectivity index (χ1n) is 3.20. The third-order valence-corrected chi connectivity index (χ3v) is 1.28. The topological polar surface area (TPSA) is 38.4 Å². The molecule has 0 radical (unpaired) electrons. The Balaban J connectivity index is 4.18. The average molecular weight is 126 g/mol. The Bertz CT molecular complexity index is 125. The number of rotatable bonds is 3. The molecule has 0 aromatic heterocycles. The van der Waals surface area contributed by atoms with Gasteiger partial charge < -0.3 is 5.73 Å². The number of hydrogen-bond donors (Lipinski definition) is 1. The van der Waals surface area contributed by atoms with Gasteiger partial charge in [-0.2, -0.15) is 0 Å². The van der Waals surface area contributed by atoms with Crippen molar-refractivity contribution in [1.82, 2.24) is 0 Å². The maximum Gasteiger partial charge on any atom is 0.0580 e. The lowest BCUT2D eigenvalue weighted by Gasteiger charge is -2.00. The molecule has 0 aliphatic carbocycles. The highest BCUT2D eigenvalue weighted by atomic mass is 14.8. The molecule has 0 fully saturated rings. The van der Waals surface area contributed by atoms with Crippen molar-refractivity contribution in [2.45, 2.75) is 26.7 Å². The smallest absolute Gasteiger partial charge is 0.0580 e. The molecule has 0 bridgehead atoms. The quantitative estimate of drug-likeness (QED) is 0.574. The van der Waals surface area contributed by atoms with Crippen molar-refractivity contribution in [2.24, 2.45) is 10.7 Å². The van der Waals surface area contributed by atoms with Gasteiger partial charge in [0.05, 0.1) is 5.70 Å². The van der Waals surface area contributed by atoms with Crippen molar-refractivity contribution in [3.05, 3.63) is 11.4 Å². The fourth-order valence-electron chi connectivity index (χ4n) is 0.644. The van der Waals surface area contributed by atoms with E-state index in [0.29, 0.717) is 0 Å². The summed E-state index contributed by atoms with van der Waals surface area (Å²) in [4.78, 5) is 3.78. The summed E-state index contributed by atoms with van der Waals surface area (Å²) in [6.45, 7) is 7.44. The Kier molecular flexibility index (Phi) is 3.76. The molecule has 0 heterocycles. The first kappa shape index (κ1) is 8.21. The molecule has 2 heteroatoms. The minimum atomic E-state index is 0.854. The van der Waals surface area contributed by atoms with Crippen molar-refractivity contribution >= 4 is 6.72 Å². The zero-order valence-corrected chi connectivity index (χ0v) is 6.15. The van der Waals surface area contributed by atoms with Gasteiger partial charge in [0.2, 0.25) is 0 Å². The van der Waals surface area contributed by atoms with E-state index in [2.05, 4.69) is 11.7 Å². The van der Waals surface area contributed by atoms with Gasteiger partial charge in [-0.1, -0.05) is 13.8 Å². The van der Waals surface area contributed by atoms with Crippen molar-refractivity contribution in [1.29, 1.82) is 0 Å². The minimum absolute atomic E-state index is 0.854. The van der Waals surface area contributed by atoms with E-state index in [0.717, 1.165) is 24.2 Å². The van der Waals surface area contributed by atoms with Gasteiger partial charge in [0, 0.05) is 5.70 Å². The maximum absolute atomic E-state index is 5.58. The van der Waals surface area contributed by atoms with Crippen LogP contribution in [0.15, 0.2) is 16.4 Å². The van der Waals surface area contributed by atoms with Crippen LogP contribution in [-0.2, 0) is 0 Å². The second-order valence-corrected chi connectivity index (χ2v) is 1.84. The molecule has 0 atom stereocenters. The molecule has 0 unspecified atom stereocenters. The summed E-state index contributed by atoms with van der Waals surface area (Å²) in [5.41, 5.74) is 7.37. The van der Waals surface area contributed by atoms with Gasteiger partial charge in [0.1, 0.15) is 0 Å². The zero-order chi connectivity index (χ0) is 7.28. The molecule has 0 saturated heterocycles. The molecule has 0 aliphatic rings. The molecule has 0 spiro atoms. The first-order chi connectivity index (χ1) is 4.26. The van der Waals surface area contributed by atoms with Crippen LogP contribution in [0.5, 0.6) is 0 Å². The molecule has 0 saturated carbocycles. The summed E-state index contributed by atoms with van der Waals surface area (Å²) in [5, 5.41) is 0. The number of aliphatic imine (C=N–C) groups is 1. The zero-order valence-electron chi connectivity index (χ0n) is 6.15. The van der Waals surface area contributed by atoms with Crippen LogP contribution in [0, 0.1) is 0 Å². The molecule has 2 N–H and O–H groups in total. The van der Waals surface area contributed by atoms with Crippen LogP contribution in [0.1, 0.15) is 26.7 Å². The lowest BCUT2D eigenvalue weighted by Crippen LogP contribution is -1.98. The highest BCUT2D eigenvalue weighted by molar-refractivity contribution is 5.30. The van der Waals surface area contributed by atoms with Crippen molar-refractivity contribution in [3.8, 4) is 0 Å². The van der Waals surface area contributed by atoms with Crippen LogP contribution in [0.4, 0.5) is 0 Å². The van der Waals surface area contributed by atoms with E-state index in [4.69, 9.17) is 5.73 Å². The Labute approximate surface area is 56.5 Å². The fraction of sp³-hybridized carbons (Fsp3) is 0.571. The normalized spacial score (nSPS) is 12.7. The highest BCUT2D eigenvalue weighted by Crippen LogP contribution is 2.06. The second-order valence-electron chi connectivity index (χ2n) is 1.84. The van der Waals surface area contributed by atoms with Crippen molar-refractivity contribution in [3.63, 3.8) is 0 Å². The Hall–Kier alpha value is -0.790. The standard InChI is InChI=1S/C7H14N2/c1-4-6(8)7(5-2)9-3/h3-5,8H2,1-2H3/b7-6-. The minimum Gasteiger partial charge on any atom is -0.401 e. The van der Waals surface area contributed by atoms with E-state index >= 15 is 0 Å². The van der Waals surface area contributed by atoms with E-state index in [9.17, 15) is 0 Å². The summed E-state index contributed by atoms with van der Waals surface area (Å²) in [7, 11) is 0. The van der Waals surface area contributed by atoms with Crippen LogP contribution >= 0.6 is 0 Å². The van der Waals surface area contributed by atoms with Gasteiger partial charge in [0.15, 0.2) is 0 Å². The predicted octanol–water partition coefficient (Wildman–Crippen LogP) is 1.68. The van der Waals surface area contributed by atoms with Crippen LogP contribution < -0.4 is 5.73 Å². The van der Waals surface area contributed by atoms with Crippen molar-refractivity contribution in [2.75, 3.05) is 0 Å². The molecular weight excluding hydrogens is 112 g/mol. The summed E-state index contributed by atoms with van der Waals surface area (Å²) >= 11 is 0. The molecule has 0 aromatic rings. The lowest BCUT2D eigenvalue weighted by atomic mass is 10.2. The number of allylic oxidation sites excluding steroid dienone is 2. The Morgan fingerprint density at radius 3 is 2.11 bits per heavy atom. The molecule has 52 valence electrons. The predicted molar refractivity (Wildman–Crippen MR) is 41.3 cm³/mol. The van der Waals surface area contributed by atoms with Crippen LogP contribution in [0.2, 0.25) is 0 Å². The van der Waals surface area contributed by atoms with Gasteiger partial charge in [-0.05, 0) is 19.6 Å². The third kappa shape index (κ3) is 2.31. The van der Waals surface area contributed by atoms with E-state index < -0.39 is 0 Å². The maximum atomic E-state index is 5.58. The van der Waals surface area contributed by atoms with Gasteiger partial charge in [-0.25, -0.2) is 0 Å². The largest absolute Gasteiger partial charge is 0.401 e. The van der Waals surface area contributed by atoms with E-state index in [1.165, 1.54) is 0 Å². The van der Waals surface area contributed by atoms with Crippen LogP contribution in [0.3, 0.4) is 0 Å². The van der Waals surface area contributed by atoms with Gasteiger partial charge in [0.25, 0.3) is 0 Å². The molecule has 0 amide bonds. The first-order valence-corrected chi connectivity index (χ1v) is 3.20. The van der Waals surface area contributed by atoms with Crippen LogP contribution in [-0.4, -0.2) is 6.72 Å². The lowest BCUT2D eigenvalue weighted by molar-refractivity contribution is 0.953. The van der Waals surface area contributed by atoms with Gasteiger partial charge in [-0.3, -0.25) is 4.99 Å². The van der Waals surface area contributed by atoms with Crippen LogP contribution in [0.25, 0.3) is 0 Å². The van der Waals surface area contributed by atoms with E-state index in [1.54, 1.807) is 0 Å². The number of nitrogens with zero attached hydrogens (tertiary/aromatic N) is 1. The Morgan fingerprint density at radius 1 is 1.44 bits per heavy atom. The summed E-state index contributed by atoms with van der Waals surface area (Å²) in [6.07, 6.45) is 1.74. The molecule has 0 rings (SSSR count). The van der Waals surface area contributed by atoms with Gasteiger partial charge in [-0.15, -0.1) is 0 Å². The monoisotopic (exact) mass is 126 g/mol. The third-order valence-electron chi connectivity index (χ3n) is 1.28. The summed E-state index contributed by atoms with van der Waals surface area (Å²) in [6, 6.07) is 0. The number of hydrogen-bond acceptors (Lipinski definition) is 2. The Morgan fingerprint density at radius 2 is 2.00 bits per heavy atom. The molecular formula is C7H14N2. The van der Waals surface area contributed by atoms with E-state index in [-0.39, 0.29) is 0 Å².